The fourth-order valence-electron chi connectivity index (χ4n) is 1.47. The number of nitriles is 1. The SMILES string of the molecule is Cc1nnc(NS(=O)(=O)c2cc(C#N)ccc2C)o1. The lowest BCUT2D eigenvalue weighted by atomic mass is 10.2. The highest BCUT2D eigenvalue weighted by atomic mass is 32.2. The van der Waals surface area contributed by atoms with Crippen LogP contribution in [0, 0.1) is 25.2 Å². The molecule has 1 heterocycles. The highest BCUT2D eigenvalue weighted by Gasteiger charge is 2.20. The molecule has 8 heteroatoms. The molecule has 1 aromatic carbocycles. The molecule has 1 aromatic heterocycles. The number of sulfonamides is 1. The zero-order chi connectivity index (χ0) is 14.0. The van der Waals surface area contributed by atoms with Crippen LogP contribution in [0.15, 0.2) is 27.5 Å². The molecule has 2 rings (SSSR count). The van der Waals surface area contributed by atoms with Crippen LogP contribution in [0.4, 0.5) is 6.01 Å². The van der Waals surface area contributed by atoms with Crippen molar-refractivity contribution in [3.63, 3.8) is 0 Å². The minimum absolute atomic E-state index is 0.00223. The normalized spacial score (nSPS) is 11.0. The fourth-order valence-corrected chi connectivity index (χ4v) is 2.66. The molecular weight excluding hydrogens is 268 g/mol. The minimum atomic E-state index is -3.86. The Bertz CT molecular complexity index is 758. The number of hydrogen-bond acceptors (Lipinski definition) is 6. The Kier molecular flexibility index (Phi) is 3.23. The summed E-state index contributed by atoms with van der Waals surface area (Å²) in [4.78, 5) is 0.00223. The maximum Gasteiger partial charge on any atom is 0.329 e. The average molecular weight is 278 g/mol. The molecule has 0 spiro atoms. The molecule has 0 amide bonds. The summed E-state index contributed by atoms with van der Waals surface area (Å²) >= 11 is 0. The van der Waals surface area contributed by atoms with Crippen LogP contribution in [0.3, 0.4) is 0 Å². The molecule has 0 aliphatic heterocycles. The summed E-state index contributed by atoms with van der Waals surface area (Å²) in [5.74, 6) is 0.250. The Balaban J connectivity index is 2.42. The van der Waals surface area contributed by atoms with E-state index in [0.29, 0.717) is 5.56 Å². The van der Waals surface area contributed by atoms with Gasteiger partial charge in [0.25, 0.3) is 10.0 Å². The standard InChI is InChI=1S/C11H10N4O3S/c1-7-3-4-9(6-12)5-10(7)19(16,17)15-11-14-13-8(2)18-11/h3-5H,1-2H3,(H,14,15). The summed E-state index contributed by atoms with van der Waals surface area (Å²) in [7, 11) is -3.86. The summed E-state index contributed by atoms with van der Waals surface area (Å²) in [5, 5.41) is 15.9. The van der Waals surface area contributed by atoms with Crippen molar-refractivity contribution >= 4 is 16.0 Å². The number of aryl methyl sites for hydroxylation is 2. The van der Waals surface area contributed by atoms with Crippen LogP contribution in [0.2, 0.25) is 0 Å². The van der Waals surface area contributed by atoms with Gasteiger partial charge in [0, 0.05) is 6.92 Å². The van der Waals surface area contributed by atoms with Gasteiger partial charge in [-0.2, -0.15) is 5.26 Å². The van der Waals surface area contributed by atoms with Gasteiger partial charge < -0.3 is 4.42 Å². The molecule has 2 aromatic rings. The minimum Gasteiger partial charge on any atom is -0.408 e. The first-order valence-electron chi connectivity index (χ1n) is 5.26. The van der Waals surface area contributed by atoms with E-state index in [2.05, 4.69) is 14.9 Å². The molecule has 19 heavy (non-hydrogen) atoms. The van der Waals surface area contributed by atoms with E-state index in [1.54, 1.807) is 26.0 Å². The average Bonchev–Trinajstić information content (AvgIpc) is 2.74. The Labute approximate surface area is 109 Å². The second-order valence-corrected chi connectivity index (χ2v) is 5.47. The first kappa shape index (κ1) is 13.0. The van der Waals surface area contributed by atoms with Crippen LogP contribution in [-0.2, 0) is 10.0 Å². The van der Waals surface area contributed by atoms with Crippen LogP contribution < -0.4 is 4.72 Å². The van der Waals surface area contributed by atoms with Crippen molar-refractivity contribution in [1.29, 1.82) is 5.26 Å². The van der Waals surface area contributed by atoms with Crippen LogP contribution in [0.1, 0.15) is 17.0 Å². The van der Waals surface area contributed by atoms with Crippen molar-refractivity contribution in [3.05, 3.63) is 35.2 Å². The van der Waals surface area contributed by atoms with Crippen LogP contribution in [-0.4, -0.2) is 18.6 Å². The van der Waals surface area contributed by atoms with Gasteiger partial charge in [-0.05, 0) is 24.6 Å². The van der Waals surface area contributed by atoms with E-state index in [-0.39, 0.29) is 22.4 Å². The van der Waals surface area contributed by atoms with Crippen molar-refractivity contribution in [2.75, 3.05) is 4.72 Å². The highest BCUT2D eigenvalue weighted by Crippen LogP contribution is 2.19. The van der Waals surface area contributed by atoms with Gasteiger partial charge in [-0.1, -0.05) is 11.2 Å². The number of rotatable bonds is 3. The van der Waals surface area contributed by atoms with E-state index in [1.807, 2.05) is 6.07 Å². The topological polar surface area (TPSA) is 109 Å². The van der Waals surface area contributed by atoms with Gasteiger partial charge in [0.15, 0.2) is 0 Å². The zero-order valence-electron chi connectivity index (χ0n) is 10.2. The van der Waals surface area contributed by atoms with E-state index >= 15 is 0 Å². The van der Waals surface area contributed by atoms with Gasteiger partial charge in [-0.15, -0.1) is 5.10 Å². The Morgan fingerprint density at radius 2 is 2.05 bits per heavy atom. The van der Waals surface area contributed by atoms with Crippen molar-refractivity contribution < 1.29 is 12.8 Å². The predicted molar refractivity (Wildman–Crippen MR) is 65.7 cm³/mol. The first-order chi connectivity index (χ1) is 8.92. The Hall–Kier alpha value is -2.40. The Morgan fingerprint density at radius 3 is 2.63 bits per heavy atom. The second-order valence-electron chi connectivity index (χ2n) is 3.82. The molecule has 7 nitrogen and oxygen atoms in total. The number of anilines is 1. The van der Waals surface area contributed by atoms with Gasteiger partial charge in [-0.3, -0.25) is 0 Å². The quantitative estimate of drug-likeness (QED) is 0.907. The van der Waals surface area contributed by atoms with Gasteiger partial charge in [0.1, 0.15) is 0 Å². The van der Waals surface area contributed by atoms with Crippen LogP contribution in [0.5, 0.6) is 0 Å². The first-order valence-corrected chi connectivity index (χ1v) is 6.74. The zero-order valence-corrected chi connectivity index (χ0v) is 11.0. The van der Waals surface area contributed by atoms with Gasteiger partial charge in [0.05, 0.1) is 16.5 Å². The van der Waals surface area contributed by atoms with Crippen molar-refractivity contribution in [3.8, 4) is 6.07 Å². The van der Waals surface area contributed by atoms with Crippen molar-refractivity contribution in [2.24, 2.45) is 0 Å². The summed E-state index contributed by atoms with van der Waals surface area (Å²) in [6, 6.07) is 6.08. The summed E-state index contributed by atoms with van der Waals surface area (Å²) in [6.07, 6.45) is 0. The lowest BCUT2D eigenvalue weighted by Gasteiger charge is -2.07. The maximum absolute atomic E-state index is 12.2. The van der Waals surface area contributed by atoms with E-state index < -0.39 is 10.0 Å². The molecule has 0 atom stereocenters. The number of hydrogen-bond donors (Lipinski definition) is 1. The third kappa shape index (κ3) is 2.71. The fraction of sp³-hybridized carbons (Fsp3) is 0.182. The summed E-state index contributed by atoms with van der Waals surface area (Å²) < 4.78 is 31.4. The lowest BCUT2D eigenvalue weighted by Crippen LogP contribution is -2.14. The summed E-state index contributed by atoms with van der Waals surface area (Å²) in [5.41, 5.74) is 0.774. The molecule has 0 radical (unpaired) electrons. The van der Waals surface area contributed by atoms with E-state index in [4.69, 9.17) is 9.68 Å². The van der Waals surface area contributed by atoms with E-state index in [9.17, 15) is 8.42 Å². The molecule has 0 bridgehead atoms. The number of nitrogens with zero attached hydrogens (tertiary/aromatic N) is 3. The second kappa shape index (κ2) is 4.70. The molecule has 98 valence electrons. The number of nitrogens with one attached hydrogen (secondary N) is 1. The predicted octanol–water partition coefficient (Wildman–Crippen LogP) is 1.36. The smallest absolute Gasteiger partial charge is 0.329 e. The molecule has 0 aliphatic rings. The van der Waals surface area contributed by atoms with Gasteiger partial charge in [0.2, 0.25) is 5.89 Å². The molecule has 0 aliphatic carbocycles. The third-order valence-corrected chi connectivity index (χ3v) is 3.82. The molecule has 0 saturated carbocycles. The van der Waals surface area contributed by atoms with E-state index in [0.717, 1.165) is 0 Å². The third-order valence-electron chi connectivity index (χ3n) is 2.35. The van der Waals surface area contributed by atoms with Crippen molar-refractivity contribution in [1.82, 2.24) is 10.2 Å². The molecule has 1 N–H and O–H groups in total. The monoisotopic (exact) mass is 278 g/mol. The summed E-state index contributed by atoms with van der Waals surface area (Å²) in [6.45, 7) is 3.18. The number of aromatic nitrogens is 2. The molecule has 0 fully saturated rings. The van der Waals surface area contributed by atoms with Crippen LogP contribution >= 0.6 is 0 Å². The number of benzene rings is 1. The van der Waals surface area contributed by atoms with E-state index in [1.165, 1.54) is 6.07 Å². The molecular formula is C11H10N4O3S. The van der Waals surface area contributed by atoms with Gasteiger partial charge in [-0.25, -0.2) is 13.1 Å². The van der Waals surface area contributed by atoms with Crippen LogP contribution in [0.25, 0.3) is 0 Å². The maximum atomic E-state index is 12.2. The largest absolute Gasteiger partial charge is 0.408 e. The lowest BCUT2D eigenvalue weighted by molar-refractivity contribution is 0.534. The highest BCUT2D eigenvalue weighted by molar-refractivity contribution is 7.92. The molecule has 0 saturated heterocycles. The van der Waals surface area contributed by atoms with Gasteiger partial charge >= 0.3 is 6.01 Å². The molecule has 0 unspecified atom stereocenters. The Morgan fingerprint density at radius 1 is 1.32 bits per heavy atom. The van der Waals surface area contributed by atoms with Crippen molar-refractivity contribution in [2.45, 2.75) is 18.7 Å².